The number of carboxylic acids is 1. The highest BCUT2D eigenvalue weighted by Gasteiger charge is 2.14. The molecule has 0 saturated heterocycles. The monoisotopic (exact) mass is 380 g/mol. The summed E-state index contributed by atoms with van der Waals surface area (Å²) >= 11 is 1.57. The van der Waals surface area contributed by atoms with E-state index in [9.17, 15) is 9.90 Å². The number of hydrogen-bond donors (Lipinski definition) is 2. The minimum Gasteiger partial charge on any atom is -0.494 e. The summed E-state index contributed by atoms with van der Waals surface area (Å²) in [6, 6.07) is 9.63. The van der Waals surface area contributed by atoms with Crippen LogP contribution in [0.2, 0.25) is 0 Å². The Morgan fingerprint density at radius 3 is 2.93 bits per heavy atom. The van der Waals surface area contributed by atoms with Gasteiger partial charge in [0.2, 0.25) is 0 Å². The van der Waals surface area contributed by atoms with Gasteiger partial charge in [-0.25, -0.2) is 9.78 Å². The second kappa shape index (κ2) is 8.05. The summed E-state index contributed by atoms with van der Waals surface area (Å²) in [6.07, 6.45) is 3.28. The first-order valence-electron chi connectivity index (χ1n) is 8.48. The van der Waals surface area contributed by atoms with Gasteiger partial charge < -0.3 is 15.2 Å². The van der Waals surface area contributed by atoms with E-state index in [1.807, 2.05) is 42.6 Å². The van der Waals surface area contributed by atoms with E-state index in [-0.39, 0.29) is 5.57 Å². The van der Waals surface area contributed by atoms with Crippen LogP contribution in [0.1, 0.15) is 25.1 Å². The van der Waals surface area contributed by atoms with Crippen molar-refractivity contribution in [2.24, 2.45) is 0 Å². The number of carboxylic acid groups (broad SMARTS) is 1. The van der Waals surface area contributed by atoms with E-state index in [1.165, 1.54) is 0 Å². The minimum absolute atomic E-state index is 0.214. The minimum atomic E-state index is -0.975. The Labute approximate surface area is 161 Å². The van der Waals surface area contributed by atoms with Gasteiger partial charge in [0.05, 0.1) is 12.3 Å². The number of aliphatic carboxylic acids is 1. The Bertz CT molecular complexity index is 1040. The maximum absolute atomic E-state index is 11.2. The van der Waals surface area contributed by atoms with E-state index >= 15 is 0 Å². The molecule has 27 heavy (non-hydrogen) atoms. The van der Waals surface area contributed by atoms with Crippen LogP contribution in [-0.4, -0.2) is 22.7 Å². The molecule has 2 N–H and O–H groups in total. The molecule has 1 aromatic carbocycles. The summed E-state index contributed by atoms with van der Waals surface area (Å²) in [5.74, 6) is 0.459. The van der Waals surface area contributed by atoms with Crippen molar-refractivity contribution < 1.29 is 14.6 Å². The van der Waals surface area contributed by atoms with Gasteiger partial charge >= 0.3 is 5.97 Å². The lowest BCUT2D eigenvalue weighted by atomic mass is 10.1. The van der Waals surface area contributed by atoms with Crippen molar-refractivity contribution in [3.63, 3.8) is 0 Å². The van der Waals surface area contributed by atoms with Gasteiger partial charge in [0.1, 0.15) is 11.6 Å². The topological polar surface area (TPSA) is 71.5 Å². The summed E-state index contributed by atoms with van der Waals surface area (Å²) in [5.41, 5.74) is 2.46. The fourth-order valence-electron chi connectivity index (χ4n) is 2.70. The molecule has 0 fully saturated rings. The van der Waals surface area contributed by atoms with Crippen molar-refractivity contribution in [1.29, 1.82) is 0 Å². The Morgan fingerprint density at radius 1 is 1.41 bits per heavy atom. The van der Waals surface area contributed by atoms with Crippen LogP contribution in [0, 0.1) is 0 Å². The van der Waals surface area contributed by atoms with Gasteiger partial charge in [0.15, 0.2) is 0 Å². The van der Waals surface area contributed by atoms with Crippen molar-refractivity contribution in [3.05, 3.63) is 59.1 Å². The quantitative estimate of drug-likeness (QED) is 0.524. The van der Waals surface area contributed by atoms with Crippen LogP contribution >= 0.6 is 11.3 Å². The first-order valence-corrected chi connectivity index (χ1v) is 9.36. The van der Waals surface area contributed by atoms with Gasteiger partial charge in [-0.2, -0.15) is 0 Å². The molecule has 0 aliphatic rings. The predicted octanol–water partition coefficient (Wildman–Crippen LogP) is 5.57. The number of aromatic nitrogens is 1. The van der Waals surface area contributed by atoms with Crippen molar-refractivity contribution in [2.45, 2.75) is 13.8 Å². The standard InChI is InChI=1S/C21H20N2O3S/c1-4-16-18(11-13(3)21(24)25)23-20(17-9-10-27-19(16)17)22-14-7-6-8-15(12-14)26-5-2/h4,6-12H,1,5H2,2-3H3,(H,22,23)(H,24,25)/b13-11+. The maximum Gasteiger partial charge on any atom is 0.331 e. The summed E-state index contributed by atoms with van der Waals surface area (Å²) in [7, 11) is 0. The number of ether oxygens (including phenoxy) is 1. The zero-order valence-corrected chi connectivity index (χ0v) is 16.0. The van der Waals surface area contributed by atoms with Crippen molar-refractivity contribution in [3.8, 4) is 5.75 Å². The molecule has 0 aliphatic carbocycles. The molecule has 0 unspecified atom stereocenters. The van der Waals surface area contributed by atoms with Gasteiger partial charge in [-0.1, -0.05) is 18.7 Å². The highest BCUT2D eigenvalue weighted by atomic mass is 32.1. The first kappa shape index (κ1) is 18.7. The predicted molar refractivity (Wildman–Crippen MR) is 112 cm³/mol. The summed E-state index contributed by atoms with van der Waals surface area (Å²) in [4.78, 5) is 15.9. The van der Waals surface area contributed by atoms with E-state index < -0.39 is 5.97 Å². The molecular formula is C21H20N2O3S. The van der Waals surface area contributed by atoms with Gasteiger partial charge in [0, 0.05) is 33.0 Å². The maximum atomic E-state index is 11.2. The molecule has 6 heteroatoms. The summed E-state index contributed by atoms with van der Waals surface area (Å²) in [6.45, 7) is 7.95. The fourth-order valence-corrected chi connectivity index (χ4v) is 3.64. The Kier molecular flexibility index (Phi) is 5.57. The third-order valence-electron chi connectivity index (χ3n) is 3.98. The van der Waals surface area contributed by atoms with Gasteiger partial charge in [-0.3, -0.25) is 0 Å². The second-order valence-electron chi connectivity index (χ2n) is 5.85. The molecule has 0 bridgehead atoms. The van der Waals surface area contributed by atoms with Crippen LogP contribution in [0.4, 0.5) is 11.5 Å². The third-order valence-corrected chi connectivity index (χ3v) is 4.92. The zero-order chi connectivity index (χ0) is 19.4. The molecule has 0 saturated carbocycles. The second-order valence-corrected chi connectivity index (χ2v) is 6.76. The Hall–Kier alpha value is -3.12. The number of nitrogens with zero attached hydrogens (tertiary/aromatic N) is 1. The van der Waals surface area contributed by atoms with Crippen molar-refractivity contribution >= 4 is 51.0 Å². The molecule has 3 rings (SSSR count). The van der Waals surface area contributed by atoms with Crippen LogP contribution < -0.4 is 10.1 Å². The lowest BCUT2D eigenvalue weighted by molar-refractivity contribution is -0.132. The van der Waals surface area contributed by atoms with Crippen LogP contribution in [-0.2, 0) is 4.79 Å². The lowest BCUT2D eigenvalue weighted by Gasteiger charge is -2.12. The number of thiophene rings is 1. The largest absolute Gasteiger partial charge is 0.494 e. The lowest BCUT2D eigenvalue weighted by Crippen LogP contribution is -2.01. The average molecular weight is 380 g/mol. The zero-order valence-electron chi connectivity index (χ0n) is 15.2. The number of benzene rings is 1. The van der Waals surface area contributed by atoms with Gasteiger partial charge in [-0.15, -0.1) is 11.3 Å². The number of anilines is 2. The van der Waals surface area contributed by atoms with Crippen LogP contribution in [0.15, 0.2) is 47.9 Å². The van der Waals surface area contributed by atoms with E-state index in [0.717, 1.165) is 27.1 Å². The molecule has 0 aliphatic heterocycles. The SMILES string of the molecule is C=Cc1c(/C=C(\C)C(=O)O)nc(Nc2cccc(OCC)c2)c2ccsc12. The Balaban J connectivity index is 2.11. The average Bonchev–Trinajstić information content (AvgIpc) is 3.12. The van der Waals surface area contributed by atoms with Crippen LogP contribution in [0.25, 0.3) is 22.2 Å². The molecule has 0 radical (unpaired) electrons. The molecular weight excluding hydrogens is 360 g/mol. The Morgan fingerprint density at radius 2 is 2.22 bits per heavy atom. The molecule has 0 spiro atoms. The third kappa shape index (κ3) is 4.01. The highest BCUT2D eigenvalue weighted by molar-refractivity contribution is 7.17. The number of carbonyl (C=O) groups is 1. The molecule has 138 valence electrons. The summed E-state index contributed by atoms with van der Waals surface area (Å²) < 4.78 is 6.56. The fraction of sp³-hybridized carbons (Fsp3) is 0.143. The van der Waals surface area contributed by atoms with Crippen LogP contribution in [0.3, 0.4) is 0 Å². The summed E-state index contributed by atoms with van der Waals surface area (Å²) in [5, 5.41) is 15.5. The number of fused-ring (bicyclic) bond motifs is 1. The molecule has 0 amide bonds. The van der Waals surface area contributed by atoms with Gasteiger partial charge in [0.25, 0.3) is 0 Å². The van der Waals surface area contributed by atoms with E-state index in [4.69, 9.17) is 4.74 Å². The first-order chi connectivity index (χ1) is 13.0. The van der Waals surface area contributed by atoms with E-state index in [2.05, 4.69) is 16.9 Å². The molecule has 2 aromatic heterocycles. The molecule has 5 nitrogen and oxygen atoms in total. The van der Waals surface area contributed by atoms with Crippen molar-refractivity contribution in [1.82, 2.24) is 4.98 Å². The van der Waals surface area contributed by atoms with Crippen molar-refractivity contribution in [2.75, 3.05) is 11.9 Å². The molecule has 2 heterocycles. The van der Waals surface area contributed by atoms with E-state index in [1.54, 1.807) is 30.4 Å². The number of nitrogens with one attached hydrogen (secondary N) is 1. The molecule has 3 aromatic rings. The number of pyridine rings is 1. The molecule has 0 atom stereocenters. The number of rotatable bonds is 7. The van der Waals surface area contributed by atoms with Gasteiger partial charge in [-0.05, 0) is 43.5 Å². The van der Waals surface area contributed by atoms with Crippen LogP contribution in [0.5, 0.6) is 5.75 Å². The normalized spacial score (nSPS) is 11.4. The number of hydrogen-bond acceptors (Lipinski definition) is 5. The van der Waals surface area contributed by atoms with E-state index in [0.29, 0.717) is 18.1 Å². The smallest absolute Gasteiger partial charge is 0.331 e. The highest BCUT2D eigenvalue weighted by Crippen LogP contribution is 2.35.